The summed E-state index contributed by atoms with van der Waals surface area (Å²) >= 11 is 6.10. The molecule has 2 rings (SSSR count). The minimum atomic E-state index is -0.0914. The Morgan fingerprint density at radius 1 is 1.40 bits per heavy atom. The zero-order valence-corrected chi connectivity index (χ0v) is 10.2. The number of benzene rings is 1. The molecule has 1 aliphatic heterocycles. The van der Waals surface area contributed by atoms with Crippen molar-refractivity contribution in [3.8, 4) is 5.75 Å². The van der Waals surface area contributed by atoms with Crippen LogP contribution in [-0.4, -0.2) is 12.7 Å². The van der Waals surface area contributed by atoms with Crippen LogP contribution >= 0.6 is 11.6 Å². The van der Waals surface area contributed by atoms with E-state index in [1.165, 1.54) is 0 Å². The SMILES string of the molecule is COc1cc(C)c(Cl)cc1C1OC1(C)C. The third kappa shape index (κ3) is 1.84. The molecule has 0 bridgehead atoms. The highest BCUT2D eigenvalue weighted by atomic mass is 35.5. The molecule has 1 aromatic carbocycles. The normalized spacial score (nSPS) is 22.6. The highest BCUT2D eigenvalue weighted by molar-refractivity contribution is 6.31. The van der Waals surface area contributed by atoms with Gasteiger partial charge in [-0.25, -0.2) is 0 Å². The van der Waals surface area contributed by atoms with Crippen LogP contribution in [0.1, 0.15) is 31.1 Å². The van der Waals surface area contributed by atoms with Crippen LogP contribution in [0, 0.1) is 6.92 Å². The van der Waals surface area contributed by atoms with Gasteiger partial charge in [0, 0.05) is 10.6 Å². The lowest BCUT2D eigenvalue weighted by molar-refractivity contribution is 0.322. The zero-order valence-electron chi connectivity index (χ0n) is 9.43. The molecular weight excluding hydrogens is 212 g/mol. The van der Waals surface area contributed by atoms with Crippen LogP contribution in [0.2, 0.25) is 5.02 Å². The molecule has 0 spiro atoms. The Hall–Kier alpha value is -0.730. The Balaban J connectivity index is 2.43. The number of hydrogen-bond acceptors (Lipinski definition) is 2. The van der Waals surface area contributed by atoms with Gasteiger partial charge in [-0.2, -0.15) is 0 Å². The van der Waals surface area contributed by atoms with E-state index >= 15 is 0 Å². The maximum Gasteiger partial charge on any atom is 0.125 e. The second kappa shape index (κ2) is 3.39. The molecule has 15 heavy (non-hydrogen) atoms. The van der Waals surface area contributed by atoms with E-state index < -0.39 is 0 Å². The van der Waals surface area contributed by atoms with Crippen LogP contribution in [-0.2, 0) is 4.74 Å². The van der Waals surface area contributed by atoms with E-state index in [-0.39, 0.29) is 11.7 Å². The first-order chi connectivity index (χ1) is 6.95. The van der Waals surface area contributed by atoms with Gasteiger partial charge in [0.2, 0.25) is 0 Å². The van der Waals surface area contributed by atoms with E-state index in [0.717, 1.165) is 21.9 Å². The first-order valence-corrected chi connectivity index (χ1v) is 5.35. The second-order valence-electron chi connectivity index (χ2n) is 4.44. The average molecular weight is 227 g/mol. The molecule has 1 atom stereocenters. The second-order valence-corrected chi connectivity index (χ2v) is 4.85. The van der Waals surface area contributed by atoms with Gasteiger partial charge in [0.1, 0.15) is 11.9 Å². The van der Waals surface area contributed by atoms with E-state index in [4.69, 9.17) is 21.1 Å². The number of hydrogen-bond donors (Lipinski definition) is 0. The fourth-order valence-corrected chi connectivity index (χ4v) is 1.93. The number of ether oxygens (including phenoxy) is 2. The molecule has 1 aromatic rings. The van der Waals surface area contributed by atoms with Crippen LogP contribution < -0.4 is 4.74 Å². The van der Waals surface area contributed by atoms with E-state index in [2.05, 4.69) is 13.8 Å². The highest BCUT2D eigenvalue weighted by Crippen LogP contribution is 2.52. The number of rotatable bonds is 2. The monoisotopic (exact) mass is 226 g/mol. The van der Waals surface area contributed by atoms with Gasteiger partial charge in [-0.15, -0.1) is 0 Å². The Labute approximate surface area is 95.1 Å². The largest absolute Gasteiger partial charge is 0.496 e. The Bertz CT molecular complexity index is 399. The Morgan fingerprint density at radius 2 is 2.00 bits per heavy atom. The van der Waals surface area contributed by atoms with Gasteiger partial charge >= 0.3 is 0 Å². The summed E-state index contributed by atoms with van der Waals surface area (Å²) in [5.74, 6) is 0.854. The van der Waals surface area contributed by atoms with E-state index in [1.807, 2.05) is 19.1 Å². The van der Waals surface area contributed by atoms with Crippen molar-refractivity contribution < 1.29 is 9.47 Å². The Kier molecular flexibility index (Phi) is 2.44. The standard InChI is InChI=1S/C12H15ClO2/c1-7-5-10(14-4)8(6-9(7)13)11-12(2,3)15-11/h5-6,11H,1-4H3. The maximum absolute atomic E-state index is 6.10. The maximum atomic E-state index is 6.10. The molecule has 1 heterocycles. The van der Waals surface area contributed by atoms with Gasteiger partial charge in [-0.05, 0) is 38.5 Å². The number of methoxy groups -OCH3 is 1. The summed E-state index contributed by atoms with van der Waals surface area (Å²) in [5.41, 5.74) is 1.97. The van der Waals surface area contributed by atoms with Gasteiger partial charge in [-0.1, -0.05) is 11.6 Å². The molecule has 0 amide bonds. The molecule has 1 aliphatic rings. The van der Waals surface area contributed by atoms with Gasteiger partial charge in [0.05, 0.1) is 12.7 Å². The van der Waals surface area contributed by atoms with Gasteiger partial charge in [0.25, 0.3) is 0 Å². The topological polar surface area (TPSA) is 21.8 Å². The van der Waals surface area contributed by atoms with E-state index in [1.54, 1.807) is 7.11 Å². The van der Waals surface area contributed by atoms with Crippen LogP contribution in [0.15, 0.2) is 12.1 Å². The highest BCUT2D eigenvalue weighted by Gasteiger charge is 2.50. The summed E-state index contributed by atoms with van der Waals surface area (Å²) in [7, 11) is 1.67. The smallest absolute Gasteiger partial charge is 0.125 e. The minimum absolute atomic E-state index is 0.0914. The van der Waals surface area contributed by atoms with Crippen molar-refractivity contribution in [1.29, 1.82) is 0 Å². The van der Waals surface area contributed by atoms with Crippen molar-refractivity contribution in [2.24, 2.45) is 0 Å². The first-order valence-electron chi connectivity index (χ1n) is 4.97. The van der Waals surface area contributed by atoms with Crippen molar-refractivity contribution >= 4 is 11.6 Å². The number of epoxide rings is 1. The lowest BCUT2D eigenvalue weighted by atomic mass is 10.0. The molecule has 0 saturated carbocycles. The average Bonchev–Trinajstić information content (AvgIpc) is 2.79. The summed E-state index contributed by atoms with van der Waals surface area (Å²) in [5, 5.41) is 0.761. The number of halogens is 1. The van der Waals surface area contributed by atoms with Gasteiger partial charge in [-0.3, -0.25) is 0 Å². The molecule has 0 aliphatic carbocycles. The molecule has 3 heteroatoms. The quantitative estimate of drug-likeness (QED) is 0.720. The van der Waals surface area contributed by atoms with E-state index in [9.17, 15) is 0 Å². The fraction of sp³-hybridized carbons (Fsp3) is 0.500. The van der Waals surface area contributed by atoms with Crippen molar-refractivity contribution in [2.75, 3.05) is 7.11 Å². The van der Waals surface area contributed by atoms with Crippen LogP contribution in [0.4, 0.5) is 0 Å². The van der Waals surface area contributed by atoms with E-state index in [0.29, 0.717) is 0 Å². The number of aryl methyl sites for hydroxylation is 1. The molecule has 1 unspecified atom stereocenters. The molecule has 0 radical (unpaired) electrons. The Morgan fingerprint density at radius 3 is 2.47 bits per heavy atom. The summed E-state index contributed by atoms with van der Waals surface area (Å²) < 4.78 is 10.9. The summed E-state index contributed by atoms with van der Waals surface area (Å²) in [6.07, 6.45) is 0.102. The summed E-state index contributed by atoms with van der Waals surface area (Å²) in [6, 6.07) is 3.89. The summed E-state index contributed by atoms with van der Waals surface area (Å²) in [4.78, 5) is 0. The predicted octanol–water partition coefficient (Wildman–Crippen LogP) is 3.51. The van der Waals surface area contributed by atoms with Crippen molar-refractivity contribution in [1.82, 2.24) is 0 Å². The third-order valence-electron chi connectivity index (χ3n) is 2.79. The fourth-order valence-electron chi connectivity index (χ4n) is 1.76. The minimum Gasteiger partial charge on any atom is -0.496 e. The molecule has 1 saturated heterocycles. The van der Waals surface area contributed by atoms with Crippen molar-refractivity contribution in [3.63, 3.8) is 0 Å². The molecular formula is C12H15ClO2. The molecule has 0 N–H and O–H groups in total. The van der Waals surface area contributed by atoms with Crippen LogP contribution in [0.5, 0.6) is 5.75 Å². The van der Waals surface area contributed by atoms with Gasteiger partial charge in [0.15, 0.2) is 0 Å². The predicted molar refractivity (Wildman–Crippen MR) is 60.6 cm³/mol. The lowest BCUT2D eigenvalue weighted by Gasteiger charge is -2.09. The van der Waals surface area contributed by atoms with Crippen molar-refractivity contribution in [3.05, 3.63) is 28.3 Å². The zero-order chi connectivity index (χ0) is 11.2. The lowest BCUT2D eigenvalue weighted by Crippen LogP contribution is -2.00. The van der Waals surface area contributed by atoms with Crippen LogP contribution in [0.3, 0.4) is 0 Å². The molecule has 0 aromatic heterocycles. The third-order valence-corrected chi connectivity index (χ3v) is 3.20. The molecule has 82 valence electrons. The summed E-state index contributed by atoms with van der Waals surface area (Å²) in [6.45, 7) is 6.09. The molecule has 1 fully saturated rings. The van der Waals surface area contributed by atoms with Crippen LogP contribution in [0.25, 0.3) is 0 Å². The van der Waals surface area contributed by atoms with Crippen molar-refractivity contribution in [2.45, 2.75) is 32.5 Å². The van der Waals surface area contributed by atoms with Gasteiger partial charge < -0.3 is 9.47 Å². The first kappa shape index (κ1) is 10.8. The molecule has 2 nitrogen and oxygen atoms in total.